The highest BCUT2D eigenvalue weighted by molar-refractivity contribution is 5.77. The van der Waals surface area contributed by atoms with Crippen LogP contribution in [0.3, 0.4) is 0 Å². The summed E-state index contributed by atoms with van der Waals surface area (Å²) >= 11 is 0. The van der Waals surface area contributed by atoms with Gasteiger partial charge in [0.15, 0.2) is 0 Å². The highest BCUT2D eigenvalue weighted by Gasteiger charge is 2.05. The number of anilines is 2. The molecule has 2 heterocycles. The number of hydrogen-bond acceptors (Lipinski definition) is 4. The van der Waals surface area contributed by atoms with Crippen LogP contribution in [0.2, 0.25) is 0 Å². The number of hydrogen-bond donors (Lipinski definition) is 2. The summed E-state index contributed by atoms with van der Waals surface area (Å²) in [5.74, 6) is 0. The van der Waals surface area contributed by atoms with Gasteiger partial charge < -0.3 is 11.5 Å². The van der Waals surface area contributed by atoms with Gasteiger partial charge in [0.05, 0.1) is 34.8 Å². The molecule has 0 aromatic carbocycles. The summed E-state index contributed by atoms with van der Waals surface area (Å²) in [5, 5.41) is 12.6. The molecule has 0 saturated heterocycles. The molecule has 1 aliphatic rings. The molecule has 100 valence electrons. The first-order chi connectivity index (χ1) is 9.22. The van der Waals surface area contributed by atoms with E-state index in [4.69, 9.17) is 16.7 Å². The van der Waals surface area contributed by atoms with Crippen molar-refractivity contribution < 1.29 is 0 Å². The first-order valence-corrected chi connectivity index (χ1v) is 6.65. The van der Waals surface area contributed by atoms with Crippen LogP contribution >= 0.6 is 0 Å². The average Bonchev–Trinajstić information content (AvgIpc) is 2.83. The second-order valence-corrected chi connectivity index (χ2v) is 4.81. The fourth-order valence-corrected chi connectivity index (χ4v) is 2.25. The van der Waals surface area contributed by atoms with Crippen molar-refractivity contribution in [2.75, 3.05) is 11.5 Å². The monoisotopic (exact) mass is 257 g/mol. The molecule has 5 heteroatoms. The summed E-state index contributed by atoms with van der Waals surface area (Å²) in [7, 11) is 0. The van der Waals surface area contributed by atoms with Gasteiger partial charge in [-0.1, -0.05) is 38.5 Å². The van der Waals surface area contributed by atoms with E-state index < -0.39 is 0 Å². The number of nitrogen functional groups attached to an aromatic ring is 2. The molecule has 1 fully saturated rings. The van der Waals surface area contributed by atoms with Crippen LogP contribution in [0, 0.1) is 11.3 Å². The van der Waals surface area contributed by atoms with Crippen molar-refractivity contribution in [3.8, 4) is 6.07 Å². The zero-order valence-corrected chi connectivity index (χ0v) is 11.0. The van der Waals surface area contributed by atoms with Crippen LogP contribution in [0.5, 0.6) is 0 Å². The highest BCUT2D eigenvalue weighted by atomic mass is 15.2. The fourth-order valence-electron chi connectivity index (χ4n) is 2.25. The predicted octanol–water partition coefficient (Wildman–Crippen LogP) is 2.71. The zero-order valence-electron chi connectivity index (χ0n) is 11.0. The summed E-state index contributed by atoms with van der Waals surface area (Å²) < 4.78 is 1.55. The summed E-state index contributed by atoms with van der Waals surface area (Å²) in [6, 6.07) is 3.64. The minimum Gasteiger partial charge on any atom is -0.397 e. The molecule has 3 rings (SSSR count). The second-order valence-electron chi connectivity index (χ2n) is 4.81. The lowest BCUT2D eigenvalue weighted by Crippen LogP contribution is -1.98. The molecule has 0 unspecified atom stereocenters. The van der Waals surface area contributed by atoms with Gasteiger partial charge in [-0.05, 0) is 6.07 Å². The van der Waals surface area contributed by atoms with E-state index in [1.807, 2.05) is 6.07 Å². The minimum atomic E-state index is 0.366. The predicted molar refractivity (Wildman–Crippen MR) is 76.4 cm³/mol. The Hall–Kier alpha value is -2.22. The summed E-state index contributed by atoms with van der Waals surface area (Å²) in [4.78, 5) is 0. The standard InChI is InChI=1S/C8H7N5.C6H12/c9-2-5-3-12-13-4-6(10)1-7(13)8(5)11;1-2-4-6-5-3-1/h1,3-4H,10-11H2;1-6H2. The van der Waals surface area contributed by atoms with E-state index >= 15 is 0 Å². The van der Waals surface area contributed by atoms with E-state index in [0.717, 1.165) is 0 Å². The summed E-state index contributed by atoms with van der Waals surface area (Å²) in [6.45, 7) is 0. The van der Waals surface area contributed by atoms with Gasteiger partial charge in [0, 0.05) is 0 Å². The van der Waals surface area contributed by atoms with Gasteiger partial charge in [-0.15, -0.1) is 0 Å². The van der Waals surface area contributed by atoms with Gasteiger partial charge in [-0.3, -0.25) is 0 Å². The average molecular weight is 257 g/mol. The van der Waals surface area contributed by atoms with E-state index in [1.165, 1.54) is 44.7 Å². The van der Waals surface area contributed by atoms with Crippen LogP contribution in [-0.2, 0) is 0 Å². The Labute approximate surface area is 112 Å². The third-order valence-corrected chi connectivity index (χ3v) is 3.32. The molecule has 0 atom stereocenters. The van der Waals surface area contributed by atoms with Gasteiger partial charge in [-0.25, -0.2) is 4.52 Å². The largest absolute Gasteiger partial charge is 0.397 e. The van der Waals surface area contributed by atoms with E-state index in [2.05, 4.69) is 5.10 Å². The SMILES string of the molecule is C1CCCCC1.N#Cc1cnn2cc(N)cc2c1N. The number of nitriles is 1. The molecule has 2 aromatic heterocycles. The Morgan fingerprint density at radius 1 is 1.11 bits per heavy atom. The number of fused-ring (bicyclic) bond motifs is 1. The van der Waals surface area contributed by atoms with Gasteiger partial charge in [0.2, 0.25) is 0 Å². The van der Waals surface area contributed by atoms with Crippen LogP contribution < -0.4 is 11.5 Å². The lowest BCUT2D eigenvalue weighted by molar-refractivity contribution is 0.504. The minimum absolute atomic E-state index is 0.366. The number of nitrogens with zero attached hydrogens (tertiary/aromatic N) is 3. The number of rotatable bonds is 0. The summed E-state index contributed by atoms with van der Waals surface area (Å²) in [6.07, 6.45) is 12.1. The molecule has 0 amide bonds. The quantitative estimate of drug-likeness (QED) is 0.758. The van der Waals surface area contributed by atoms with Crippen molar-refractivity contribution >= 4 is 16.9 Å². The Morgan fingerprint density at radius 3 is 2.21 bits per heavy atom. The van der Waals surface area contributed by atoms with Crippen LogP contribution in [0.1, 0.15) is 44.1 Å². The normalized spacial score (nSPS) is 14.5. The Morgan fingerprint density at radius 2 is 1.68 bits per heavy atom. The Kier molecular flexibility index (Phi) is 4.24. The number of nitrogens with two attached hydrogens (primary N) is 2. The molecule has 4 N–H and O–H groups in total. The van der Waals surface area contributed by atoms with Gasteiger partial charge in [0.25, 0.3) is 0 Å². The Bertz CT molecular complexity index is 578. The molecule has 19 heavy (non-hydrogen) atoms. The molecule has 1 aliphatic carbocycles. The smallest absolute Gasteiger partial charge is 0.103 e. The number of aromatic nitrogens is 2. The van der Waals surface area contributed by atoms with E-state index in [0.29, 0.717) is 22.5 Å². The molecule has 1 saturated carbocycles. The molecule has 5 nitrogen and oxygen atoms in total. The van der Waals surface area contributed by atoms with E-state index in [1.54, 1.807) is 16.8 Å². The fraction of sp³-hybridized carbons (Fsp3) is 0.429. The van der Waals surface area contributed by atoms with Crippen molar-refractivity contribution in [2.24, 2.45) is 0 Å². The zero-order chi connectivity index (χ0) is 13.7. The third kappa shape index (κ3) is 3.16. The Balaban J connectivity index is 0.000000186. The van der Waals surface area contributed by atoms with Crippen LogP contribution in [0.15, 0.2) is 18.5 Å². The maximum absolute atomic E-state index is 8.67. The summed E-state index contributed by atoms with van der Waals surface area (Å²) in [5.41, 5.74) is 13.3. The van der Waals surface area contributed by atoms with Crippen molar-refractivity contribution in [1.82, 2.24) is 9.61 Å². The molecule has 2 aromatic rings. The van der Waals surface area contributed by atoms with Crippen LogP contribution in [0.4, 0.5) is 11.4 Å². The molecular formula is C14H19N5. The van der Waals surface area contributed by atoms with Gasteiger partial charge in [0.1, 0.15) is 6.07 Å². The van der Waals surface area contributed by atoms with E-state index in [9.17, 15) is 0 Å². The maximum Gasteiger partial charge on any atom is 0.103 e. The highest BCUT2D eigenvalue weighted by Crippen LogP contribution is 2.19. The molecular weight excluding hydrogens is 238 g/mol. The van der Waals surface area contributed by atoms with Crippen LogP contribution in [0.25, 0.3) is 5.52 Å². The first kappa shape index (κ1) is 13.2. The third-order valence-electron chi connectivity index (χ3n) is 3.32. The lowest BCUT2D eigenvalue weighted by atomic mass is 10.0. The molecule has 0 radical (unpaired) electrons. The van der Waals surface area contributed by atoms with E-state index in [-0.39, 0.29) is 0 Å². The second kappa shape index (κ2) is 6.10. The van der Waals surface area contributed by atoms with Crippen molar-refractivity contribution in [3.63, 3.8) is 0 Å². The molecule has 0 spiro atoms. The maximum atomic E-state index is 8.67. The topological polar surface area (TPSA) is 93.1 Å². The van der Waals surface area contributed by atoms with Crippen molar-refractivity contribution in [1.29, 1.82) is 5.26 Å². The van der Waals surface area contributed by atoms with Gasteiger partial charge >= 0.3 is 0 Å². The molecule has 0 bridgehead atoms. The van der Waals surface area contributed by atoms with Crippen LogP contribution in [-0.4, -0.2) is 9.61 Å². The van der Waals surface area contributed by atoms with Gasteiger partial charge in [-0.2, -0.15) is 10.4 Å². The van der Waals surface area contributed by atoms with Crippen molar-refractivity contribution in [3.05, 3.63) is 24.0 Å². The first-order valence-electron chi connectivity index (χ1n) is 6.65. The lowest BCUT2D eigenvalue weighted by Gasteiger charge is -2.05. The molecule has 0 aliphatic heterocycles. The van der Waals surface area contributed by atoms with Crippen molar-refractivity contribution in [2.45, 2.75) is 38.5 Å².